The molecule has 22 heavy (non-hydrogen) atoms. The van der Waals surface area contributed by atoms with Crippen LogP contribution in [0.1, 0.15) is 12.8 Å². The van der Waals surface area contributed by atoms with Crippen molar-refractivity contribution in [3.05, 3.63) is 47.7 Å². The molecule has 116 valence electrons. The van der Waals surface area contributed by atoms with Gasteiger partial charge in [0.05, 0.1) is 13.1 Å². The van der Waals surface area contributed by atoms with Gasteiger partial charge in [-0.25, -0.2) is 0 Å². The number of benzene rings is 1. The van der Waals surface area contributed by atoms with Crippen LogP contribution in [-0.2, 0) is 11.3 Å². The van der Waals surface area contributed by atoms with Crippen molar-refractivity contribution in [2.45, 2.75) is 25.5 Å². The lowest BCUT2D eigenvalue weighted by Gasteiger charge is -2.39. The molecule has 0 bridgehead atoms. The van der Waals surface area contributed by atoms with Gasteiger partial charge in [-0.05, 0) is 30.7 Å². The van der Waals surface area contributed by atoms with Gasteiger partial charge in [0.15, 0.2) is 0 Å². The number of aromatic nitrogens is 2. The van der Waals surface area contributed by atoms with E-state index in [9.17, 15) is 4.79 Å². The predicted octanol–water partition coefficient (Wildman–Crippen LogP) is 2.61. The summed E-state index contributed by atoms with van der Waals surface area (Å²) in [5.41, 5.74) is 0. The number of aryl methyl sites for hydroxylation is 1. The Balaban J connectivity index is 1.36. The van der Waals surface area contributed by atoms with Crippen molar-refractivity contribution >= 4 is 17.5 Å². The lowest BCUT2D eigenvalue weighted by atomic mass is 10.1. The Morgan fingerprint density at radius 2 is 2.23 bits per heavy atom. The standard InChI is InChI=1S/C16H18ClN3O2/c17-13-4-1-5-14(10-13)22-15-11-19(12-15)16(21)6-2-8-20-9-3-7-18-20/h1,3-5,7,9-10,15H,2,6,8,11-12H2. The van der Waals surface area contributed by atoms with E-state index in [1.807, 2.05) is 40.0 Å². The molecule has 0 saturated carbocycles. The Morgan fingerprint density at radius 3 is 2.95 bits per heavy atom. The molecule has 0 aliphatic carbocycles. The molecule has 1 fully saturated rings. The maximum atomic E-state index is 12.0. The van der Waals surface area contributed by atoms with Crippen molar-refractivity contribution in [2.24, 2.45) is 0 Å². The predicted molar refractivity (Wildman–Crippen MR) is 83.9 cm³/mol. The molecule has 3 rings (SSSR count). The van der Waals surface area contributed by atoms with Crippen LogP contribution in [0.2, 0.25) is 5.02 Å². The molecule has 1 aromatic heterocycles. The Kier molecular flexibility index (Phi) is 4.63. The molecule has 1 aliphatic heterocycles. The van der Waals surface area contributed by atoms with Gasteiger partial charge in [0, 0.05) is 30.4 Å². The molecule has 5 nitrogen and oxygen atoms in total. The quantitative estimate of drug-likeness (QED) is 0.822. The molecule has 0 N–H and O–H groups in total. The Bertz CT molecular complexity index is 624. The van der Waals surface area contributed by atoms with Gasteiger partial charge in [0.2, 0.25) is 5.91 Å². The van der Waals surface area contributed by atoms with Crippen LogP contribution in [0, 0.1) is 0 Å². The zero-order valence-electron chi connectivity index (χ0n) is 12.2. The fourth-order valence-corrected chi connectivity index (χ4v) is 2.61. The number of hydrogen-bond donors (Lipinski definition) is 0. The van der Waals surface area contributed by atoms with Crippen molar-refractivity contribution in [2.75, 3.05) is 13.1 Å². The highest BCUT2D eigenvalue weighted by Gasteiger charge is 2.31. The number of rotatable bonds is 6. The molecular formula is C16H18ClN3O2. The minimum Gasteiger partial charge on any atom is -0.487 e. The Hall–Kier alpha value is -2.01. The topological polar surface area (TPSA) is 47.4 Å². The van der Waals surface area contributed by atoms with Crippen LogP contribution in [0.4, 0.5) is 0 Å². The number of likely N-dealkylation sites (tertiary alicyclic amines) is 1. The van der Waals surface area contributed by atoms with Crippen LogP contribution in [0.5, 0.6) is 5.75 Å². The van der Waals surface area contributed by atoms with Crippen molar-refractivity contribution < 1.29 is 9.53 Å². The van der Waals surface area contributed by atoms with Gasteiger partial charge in [-0.3, -0.25) is 9.48 Å². The molecular weight excluding hydrogens is 302 g/mol. The van der Waals surface area contributed by atoms with Gasteiger partial charge in [0.1, 0.15) is 11.9 Å². The summed E-state index contributed by atoms with van der Waals surface area (Å²) in [6.07, 6.45) is 5.06. The van der Waals surface area contributed by atoms with E-state index in [1.165, 1.54) is 0 Å². The second-order valence-corrected chi connectivity index (χ2v) is 5.81. The fourth-order valence-electron chi connectivity index (χ4n) is 2.43. The summed E-state index contributed by atoms with van der Waals surface area (Å²) in [7, 11) is 0. The van der Waals surface area contributed by atoms with Gasteiger partial charge in [-0.2, -0.15) is 5.10 Å². The third kappa shape index (κ3) is 3.80. The smallest absolute Gasteiger partial charge is 0.222 e. The molecule has 1 amide bonds. The second-order valence-electron chi connectivity index (χ2n) is 5.37. The minimum atomic E-state index is 0.0635. The zero-order valence-corrected chi connectivity index (χ0v) is 12.9. The van der Waals surface area contributed by atoms with E-state index in [-0.39, 0.29) is 12.0 Å². The van der Waals surface area contributed by atoms with E-state index >= 15 is 0 Å². The normalized spacial score (nSPS) is 14.7. The summed E-state index contributed by atoms with van der Waals surface area (Å²) in [6, 6.07) is 9.21. The average Bonchev–Trinajstić information content (AvgIpc) is 2.95. The molecule has 6 heteroatoms. The Morgan fingerprint density at radius 1 is 1.36 bits per heavy atom. The number of ether oxygens (including phenoxy) is 1. The Labute approximate surface area is 134 Å². The number of nitrogens with zero attached hydrogens (tertiary/aromatic N) is 3. The largest absolute Gasteiger partial charge is 0.487 e. The molecule has 0 radical (unpaired) electrons. The van der Waals surface area contributed by atoms with Gasteiger partial charge in [0.25, 0.3) is 0 Å². The second kappa shape index (κ2) is 6.83. The first-order valence-corrected chi connectivity index (χ1v) is 7.76. The highest BCUT2D eigenvalue weighted by molar-refractivity contribution is 6.30. The number of carbonyl (C=O) groups excluding carboxylic acids is 1. The summed E-state index contributed by atoms with van der Waals surface area (Å²) >= 11 is 5.92. The highest BCUT2D eigenvalue weighted by atomic mass is 35.5. The maximum absolute atomic E-state index is 12.0. The first kappa shape index (κ1) is 14.9. The summed E-state index contributed by atoms with van der Waals surface area (Å²) in [5, 5.41) is 4.77. The van der Waals surface area contributed by atoms with Gasteiger partial charge in [-0.1, -0.05) is 17.7 Å². The van der Waals surface area contributed by atoms with Crippen LogP contribution in [0.3, 0.4) is 0 Å². The van der Waals surface area contributed by atoms with E-state index in [2.05, 4.69) is 5.10 Å². The van der Waals surface area contributed by atoms with Gasteiger partial charge >= 0.3 is 0 Å². The third-order valence-electron chi connectivity index (χ3n) is 3.64. The molecule has 0 unspecified atom stereocenters. The number of halogens is 1. The molecule has 0 spiro atoms. The SMILES string of the molecule is O=C(CCCn1cccn1)N1CC(Oc2cccc(Cl)c2)C1. The first-order valence-electron chi connectivity index (χ1n) is 7.38. The summed E-state index contributed by atoms with van der Waals surface area (Å²) in [6.45, 7) is 2.06. The van der Waals surface area contributed by atoms with Gasteiger partial charge in [-0.15, -0.1) is 0 Å². The molecule has 1 aliphatic rings. The number of hydrogen-bond acceptors (Lipinski definition) is 3. The van der Waals surface area contributed by atoms with E-state index in [0.29, 0.717) is 24.5 Å². The van der Waals surface area contributed by atoms with Crippen LogP contribution in [0.15, 0.2) is 42.7 Å². The van der Waals surface area contributed by atoms with E-state index < -0.39 is 0 Å². The summed E-state index contributed by atoms with van der Waals surface area (Å²) in [4.78, 5) is 13.9. The molecule has 2 heterocycles. The minimum absolute atomic E-state index is 0.0635. The first-order chi connectivity index (χ1) is 10.7. The third-order valence-corrected chi connectivity index (χ3v) is 3.87. The molecule has 1 saturated heterocycles. The van der Waals surface area contributed by atoms with Gasteiger partial charge < -0.3 is 9.64 Å². The lowest BCUT2D eigenvalue weighted by molar-refractivity contribution is -0.140. The maximum Gasteiger partial charge on any atom is 0.222 e. The summed E-state index contributed by atoms with van der Waals surface area (Å²) < 4.78 is 7.62. The van der Waals surface area contributed by atoms with Crippen molar-refractivity contribution in [1.29, 1.82) is 0 Å². The van der Waals surface area contributed by atoms with Crippen LogP contribution in [-0.4, -0.2) is 39.8 Å². The number of carbonyl (C=O) groups is 1. The zero-order chi connectivity index (χ0) is 15.4. The fraction of sp³-hybridized carbons (Fsp3) is 0.375. The van der Waals surface area contributed by atoms with Crippen LogP contribution < -0.4 is 4.74 Å². The van der Waals surface area contributed by atoms with E-state index in [1.54, 1.807) is 12.3 Å². The molecule has 0 atom stereocenters. The van der Waals surface area contributed by atoms with Crippen LogP contribution in [0.25, 0.3) is 0 Å². The van der Waals surface area contributed by atoms with Crippen molar-refractivity contribution in [3.8, 4) is 5.75 Å². The highest BCUT2D eigenvalue weighted by Crippen LogP contribution is 2.22. The van der Waals surface area contributed by atoms with E-state index in [0.717, 1.165) is 18.7 Å². The van der Waals surface area contributed by atoms with Crippen LogP contribution >= 0.6 is 11.6 Å². The van der Waals surface area contributed by atoms with E-state index in [4.69, 9.17) is 16.3 Å². The monoisotopic (exact) mass is 319 g/mol. The molecule has 1 aromatic carbocycles. The molecule has 2 aromatic rings. The van der Waals surface area contributed by atoms with Crippen molar-refractivity contribution in [1.82, 2.24) is 14.7 Å². The van der Waals surface area contributed by atoms with Crippen molar-refractivity contribution in [3.63, 3.8) is 0 Å². The average molecular weight is 320 g/mol. The number of amides is 1. The summed E-state index contributed by atoms with van der Waals surface area (Å²) in [5.74, 6) is 0.932. The lowest BCUT2D eigenvalue weighted by Crippen LogP contribution is -2.56.